The van der Waals surface area contributed by atoms with Crippen LogP contribution in [0.2, 0.25) is 0 Å². The summed E-state index contributed by atoms with van der Waals surface area (Å²) in [6, 6.07) is 14.0. The Labute approximate surface area is 127 Å². The summed E-state index contributed by atoms with van der Waals surface area (Å²) in [5, 5.41) is 2.31. The minimum atomic E-state index is -0.217. The van der Waals surface area contributed by atoms with E-state index in [0.717, 1.165) is 26.4 Å². The molecule has 0 saturated carbocycles. The highest BCUT2D eigenvalue weighted by Gasteiger charge is 2.17. The van der Waals surface area contributed by atoms with Gasteiger partial charge in [-0.2, -0.15) is 0 Å². The van der Waals surface area contributed by atoms with Crippen LogP contribution in [0.3, 0.4) is 0 Å². The lowest BCUT2D eigenvalue weighted by atomic mass is 9.96. The van der Waals surface area contributed by atoms with Crippen molar-refractivity contribution in [2.75, 3.05) is 0 Å². The molecular formula is C15H11Br2NO. The first-order chi connectivity index (χ1) is 9.18. The van der Waals surface area contributed by atoms with E-state index in [1.807, 2.05) is 24.3 Å². The lowest BCUT2D eigenvalue weighted by molar-refractivity contribution is 0.535. The molecule has 0 aliphatic carbocycles. The Morgan fingerprint density at radius 1 is 0.895 bits per heavy atom. The van der Waals surface area contributed by atoms with E-state index in [9.17, 15) is 0 Å². The first-order valence-corrected chi connectivity index (χ1v) is 7.42. The lowest BCUT2D eigenvalue weighted by Crippen LogP contribution is -2.12. The molecule has 0 aliphatic rings. The number of benzene rings is 2. The van der Waals surface area contributed by atoms with Gasteiger partial charge in [0.2, 0.25) is 0 Å². The maximum Gasteiger partial charge on any atom is 0.174 e. The fraction of sp³-hybridized carbons (Fsp3) is 0.0667. The molecule has 96 valence electrons. The zero-order chi connectivity index (χ0) is 13.4. The quantitative estimate of drug-likeness (QED) is 0.678. The van der Waals surface area contributed by atoms with Gasteiger partial charge in [-0.15, -0.1) is 0 Å². The third-order valence-electron chi connectivity index (χ3n) is 3.22. The molecule has 2 aromatic carbocycles. The Kier molecular flexibility index (Phi) is 3.48. The molecule has 1 unspecified atom stereocenters. The van der Waals surface area contributed by atoms with Crippen molar-refractivity contribution in [2.24, 2.45) is 5.73 Å². The van der Waals surface area contributed by atoms with Crippen molar-refractivity contribution in [2.45, 2.75) is 6.04 Å². The van der Waals surface area contributed by atoms with E-state index in [1.165, 1.54) is 0 Å². The van der Waals surface area contributed by atoms with Crippen molar-refractivity contribution < 1.29 is 4.42 Å². The van der Waals surface area contributed by atoms with Gasteiger partial charge in [0.25, 0.3) is 0 Å². The molecule has 2 N–H and O–H groups in total. The molecule has 0 bridgehead atoms. The van der Waals surface area contributed by atoms with Gasteiger partial charge in [0, 0.05) is 10.0 Å². The van der Waals surface area contributed by atoms with E-state index in [1.54, 1.807) is 6.26 Å². The smallest absolute Gasteiger partial charge is 0.174 e. The predicted octanol–water partition coefficient (Wildman–Crippen LogP) is 5.01. The van der Waals surface area contributed by atoms with Gasteiger partial charge < -0.3 is 10.2 Å². The van der Waals surface area contributed by atoms with Crippen molar-refractivity contribution in [3.05, 3.63) is 69.0 Å². The second-order valence-electron chi connectivity index (χ2n) is 4.31. The maximum atomic E-state index is 6.37. The standard InChI is InChI=1S/C15H11Br2NO/c16-13-6-5-11(9-3-1-2-4-10(9)13)14(18)12-7-8-19-15(12)17/h1-8,14H,18H2. The fourth-order valence-corrected chi connectivity index (χ4v) is 3.22. The van der Waals surface area contributed by atoms with Crippen molar-refractivity contribution in [3.63, 3.8) is 0 Å². The molecule has 3 rings (SSSR count). The zero-order valence-corrected chi connectivity index (χ0v) is 13.1. The molecule has 1 aromatic heterocycles. The highest BCUT2D eigenvalue weighted by atomic mass is 79.9. The number of rotatable bonds is 2. The van der Waals surface area contributed by atoms with Gasteiger partial charge in [-0.1, -0.05) is 46.3 Å². The van der Waals surface area contributed by atoms with Crippen molar-refractivity contribution in [1.82, 2.24) is 0 Å². The summed E-state index contributed by atoms with van der Waals surface area (Å²) < 4.78 is 7.03. The van der Waals surface area contributed by atoms with Crippen molar-refractivity contribution in [3.8, 4) is 0 Å². The fourth-order valence-electron chi connectivity index (χ4n) is 2.25. The van der Waals surface area contributed by atoms with Gasteiger partial charge >= 0.3 is 0 Å². The Hall–Kier alpha value is -1.10. The van der Waals surface area contributed by atoms with Crippen LogP contribution in [0.4, 0.5) is 0 Å². The molecule has 3 aromatic rings. The van der Waals surface area contributed by atoms with Crippen LogP contribution in [0.15, 0.2) is 62.3 Å². The largest absolute Gasteiger partial charge is 0.457 e. The van der Waals surface area contributed by atoms with E-state index in [2.05, 4.69) is 50.1 Å². The molecule has 0 aliphatic heterocycles. The molecule has 0 saturated heterocycles. The highest BCUT2D eigenvalue weighted by Crippen LogP contribution is 2.34. The van der Waals surface area contributed by atoms with Crippen LogP contribution in [0.1, 0.15) is 17.2 Å². The number of fused-ring (bicyclic) bond motifs is 1. The van der Waals surface area contributed by atoms with Gasteiger partial charge in [-0.3, -0.25) is 0 Å². The van der Waals surface area contributed by atoms with Crippen LogP contribution in [-0.4, -0.2) is 0 Å². The summed E-state index contributed by atoms with van der Waals surface area (Å²) in [5.74, 6) is 0. The second-order valence-corrected chi connectivity index (χ2v) is 5.88. The van der Waals surface area contributed by atoms with Crippen molar-refractivity contribution in [1.29, 1.82) is 0 Å². The summed E-state index contributed by atoms with van der Waals surface area (Å²) in [6.45, 7) is 0. The summed E-state index contributed by atoms with van der Waals surface area (Å²) in [5.41, 5.74) is 8.41. The van der Waals surface area contributed by atoms with E-state index in [4.69, 9.17) is 10.2 Å². The minimum Gasteiger partial charge on any atom is -0.457 e. The highest BCUT2D eigenvalue weighted by molar-refractivity contribution is 9.10. The van der Waals surface area contributed by atoms with Crippen LogP contribution in [0.5, 0.6) is 0 Å². The number of halogens is 2. The normalized spacial score (nSPS) is 12.8. The van der Waals surface area contributed by atoms with Crippen molar-refractivity contribution >= 4 is 42.6 Å². The topological polar surface area (TPSA) is 39.2 Å². The molecule has 0 fully saturated rings. The molecule has 4 heteroatoms. The molecule has 0 amide bonds. The average Bonchev–Trinajstić information content (AvgIpc) is 2.85. The Morgan fingerprint density at radius 3 is 2.32 bits per heavy atom. The SMILES string of the molecule is NC(c1ccoc1Br)c1ccc(Br)c2ccccc12. The molecule has 2 nitrogen and oxygen atoms in total. The maximum absolute atomic E-state index is 6.37. The van der Waals surface area contributed by atoms with Crippen LogP contribution in [0.25, 0.3) is 10.8 Å². The third kappa shape index (κ3) is 2.24. The number of nitrogens with two attached hydrogens (primary N) is 1. The molecule has 1 heterocycles. The number of hydrogen-bond donors (Lipinski definition) is 1. The van der Waals surface area contributed by atoms with Gasteiger partial charge in [-0.05, 0) is 44.4 Å². The minimum absolute atomic E-state index is 0.217. The molecule has 1 atom stereocenters. The lowest BCUT2D eigenvalue weighted by Gasteiger charge is -2.14. The summed E-state index contributed by atoms with van der Waals surface area (Å²) in [6.07, 6.45) is 1.64. The van der Waals surface area contributed by atoms with Gasteiger partial charge in [0.1, 0.15) is 0 Å². The summed E-state index contributed by atoms with van der Waals surface area (Å²) in [7, 11) is 0. The zero-order valence-electron chi connectivity index (χ0n) is 9.94. The van der Waals surface area contributed by atoms with Gasteiger partial charge in [-0.25, -0.2) is 0 Å². The predicted molar refractivity (Wildman–Crippen MR) is 84.1 cm³/mol. The van der Waals surface area contributed by atoms with Crippen LogP contribution in [-0.2, 0) is 0 Å². The molecule has 19 heavy (non-hydrogen) atoms. The first kappa shape index (κ1) is 12.9. The summed E-state index contributed by atoms with van der Waals surface area (Å²) in [4.78, 5) is 0. The first-order valence-electron chi connectivity index (χ1n) is 5.84. The second kappa shape index (κ2) is 5.12. The van der Waals surface area contributed by atoms with E-state index in [-0.39, 0.29) is 6.04 Å². The average molecular weight is 381 g/mol. The van der Waals surface area contributed by atoms with Crippen LogP contribution in [0, 0.1) is 0 Å². The van der Waals surface area contributed by atoms with Crippen LogP contribution >= 0.6 is 31.9 Å². The Morgan fingerprint density at radius 2 is 1.63 bits per heavy atom. The summed E-state index contributed by atoms with van der Waals surface area (Å²) >= 11 is 6.96. The van der Waals surface area contributed by atoms with E-state index < -0.39 is 0 Å². The Balaban J connectivity index is 2.21. The number of hydrogen-bond acceptors (Lipinski definition) is 2. The van der Waals surface area contributed by atoms with Gasteiger partial charge in [0.05, 0.1) is 12.3 Å². The molecule has 0 radical (unpaired) electrons. The molecular weight excluding hydrogens is 370 g/mol. The Bertz CT molecular complexity index is 736. The van der Waals surface area contributed by atoms with Crippen LogP contribution < -0.4 is 5.73 Å². The van der Waals surface area contributed by atoms with Gasteiger partial charge in [0.15, 0.2) is 4.67 Å². The third-order valence-corrected chi connectivity index (χ3v) is 4.56. The number of furan rings is 1. The monoisotopic (exact) mass is 379 g/mol. The van der Waals surface area contributed by atoms with E-state index in [0.29, 0.717) is 4.67 Å². The van der Waals surface area contributed by atoms with E-state index >= 15 is 0 Å². The molecule has 0 spiro atoms.